The van der Waals surface area contributed by atoms with E-state index in [0.717, 1.165) is 0 Å². The molecule has 8 heteroatoms. The van der Waals surface area contributed by atoms with E-state index >= 15 is 0 Å². The van der Waals surface area contributed by atoms with Crippen molar-refractivity contribution < 1.29 is 14.0 Å². The monoisotopic (exact) mass is 373 g/mol. The van der Waals surface area contributed by atoms with Gasteiger partial charge in [0.2, 0.25) is 5.91 Å². The number of amides is 3. The average Bonchev–Trinajstić information content (AvgIpc) is 3.04. The van der Waals surface area contributed by atoms with Gasteiger partial charge in [-0.3, -0.25) is 4.79 Å². The Morgan fingerprint density at radius 1 is 1.33 bits per heavy atom. The van der Waals surface area contributed by atoms with E-state index in [1.807, 2.05) is 13.8 Å². The molecule has 0 bridgehead atoms. The molecule has 1 saturated heterocycles. The SMILES string of the molecule is Cc1nccn1-c1ccc(CNC(=O)N2C(C)C(=O)NC(C)C2C)cc1F. The van der Waals surface area contributed by atoms with Crippen molar-refractivity contribution in [1.82, 2.24) is 25.1 Å². The second kappa shape index (κ2) is 7.38. The van der Waals surface area contributed by atoms with Crippen LogP contribution in [0.5, 0.6) is 0 Å². The molecule has 3 unspecified atom stereocenters. The van der Waals surface area contributed by atoms with Crippen molar-refractivity contribution >= 4 is 11.9 Å². The smallest absolute Gasteiger partial charge is 0.318 e. The predicted molar refractivity (Wildman–Crippen MR) is 98.9 cm³/mol. The Bertz CT molecular complexity index is 866. The normalized spacial score (nSPS) is 22.5. The number of piperazine rings is 1. The summed E-state index contributed by atoms with van der Waals surface area (Å²) in [5, 5.41) is 5.64. The van der Waals surface area contributed by atoms with Crippen LogP contribution >= 0.6 is 0 Å². The Hall–Kier alpha value is -2.90. The molecule has 2 aromatic rings. The first kappa shape index (κ1) is 18.9. The molecule has 0 aliphatic carbocycles. The van der Waals surface area contributed by atoms with Gasteiger partial charge in [0.05, 0.1) is 11.7 Å². The van der Waals surface area contributed by atoms with Gasteiger partial charge in [0.1, 0.15) is 17.7 Å². The molecule has 27 heavy (non-hydrogen) atoms. The van der Waals surface area contributed by atoms with Crippen LogP contribution in [0.3, 0.4) is 0 Å². The predicted octanol–water partition coefficient (Wildman–Crippen LogP) is 2.13. The topological polar surface area (TPSA) is 79.3 Å². The van der Waals surface area contributed by atoms with E-state index in [0.29, 0.717) is 17.1 Å². The second-order valence-electron chi connectivity index (χ2n) is 6.91. The number of aromatic nitrogens is 2. The maximum Gasteiger partial charge on any atom is 0.318 e. The van der Waals surface area contributed by atoms with Crippen molar-refractivity contribution in [3.63, 3.8) is 0 Å². The summed E-state index contributed by atoms with van der Waals surface area (Å²) in [4.78, 5) is 30.2. The molecule has 2 heterocycles. The van der Waals surface area contributed by atoms with Crippen LogP contribution in [0.25, 0.3) is 5.69 Å². The van der Waals surface area contributed by atoms with Crippen LogP contribution in [0.4, 0.5) is 9.18 Å². The van der Waals surface area contributed by atoms with Crippen molar-refractivity contribution in [2.45, 2.75) is 52.4 Å². The zero-order valence-corrected chi connectivity index (χ0v) is 15.9. The van der Waals surface area contributed by atoms with Gasteiger partial charge in [-0.25, -0.2) is 14.2 Å². The number of nitrogens with zero attached hydrogens (tertiary/aromatic N) is 3. The standard InChI is InChI=1S/C19H24FN5O2/c1-11-12(2)25(13(3)18(26)23-11)19(27)22-10-15-5-6-17(16(20)9-15)24-8-7-21-14(24)4/h5-9,11-13H,10H2,1-4H3,(H,22,27)(H,23,26). The fourth-order valence-corrected chi connectivity index (χ4v) is 3.30. The van der Waals surface area contributed by atoms with E-state index in [9.17, 15) is 14.0 Å². The molecular formula is C19H24FN5O2. The van der Waals surface area contributed by atoms with E-state index in [4.69, 9.17) is 0 Å². The number of carbonyl (C=O) groups excluding carboxylic acids is 2. The minimum Gasteiger partial charge on any atom is -0.350 e. The fraction of sp³-hybridized carbons (Fsp3) is 0.421. The van der Waals surface area contributed by atoms with E-state index in [1.165, 1.54) is 11.0 Å². The third-order valence-electron chi connectivity index (χ3n) is 5.10. The molecular weight excluding hydrogens is 349 g/mol. The van der Waals surface area contributed by atoms with Crippen LogP contribution in [-0.2, 0) is 11.3 Å². The highest BCUT2D eigenvalue weighted by atomic mass is 19.1. The summed E-state index contributed by atoms with van der Waals surface area (Å²) in [6, 6.07) is 3.65. The minimum absolute atomic E-state index is 0.130. The van der Waals surface area contributed by atoms with Crippen molar-refractivity contribution in [3.8, 4) is 5.69 Å². The Morgan fingerprint density at radius 3 is 2.70 bits per heavy atom. The van der Waals surface area contributed by atoms with Crippen LogP contribution in [0, 0.1) is 12.7 Å². The molecule has 3 atom stereocenters. The quantitative estimate of drug-likeness (QED) is 0.865. The van der Waals surface area contributed by atoms with E-state index in [1.54, 1.807) is 42.9 Å². The zero-order valence-electron chi connectivity index (χ0n) is 15.9. The zero-order chi connectivity index (χ0) is 19.7. The fourth-order valence-electron chi connectivity index (χ4n) is 3.30. The van der Waals surface area contributed by atoms with Crippen molar-refractivity contribution in [1.29, 1.82) is 0 Å². The Kier molecular flexibility index (Phi) is 5.16. The van der Waals surface area contributed by atoms with Gasteiger partial charge >= 0.3 is 6.03 Å². The van der Waals surface area contributed by atoms with E-state index in [2.05, 4.69) is 15.6 Å². The van der Waals surface area contributed by atoms with Gasteiger partial charge in [-0.1, -0.05) is 6.07 Å². The molecule has 0 radical (unpaired) electrons. The van der Waals surface area contributed by atoms with Crippen LogP contribution in [-0.4, -0.2) is 44.5 Å². The van der Waals surface area contributed by atoms with Gasteiger partial charge in [0, 0.05) is 25.0 Å². The summed E-state index contributed by atoms with van der Waals surface area (Å²) in [6.45, 7) is 7.42. The average molecular weight is 373 g/mol. The maximum atomic E-state index is 14.5. The molecule has 1 aliphatic heterocycles. The summed E-state index contributed by atoms with van der Waals surface area (Å²) >= 11 is 0. The van der Waals surface area contributed by atoms with Gasteiger partial charge in [-0.2, -0.15) is 0 Å². The molecule has 3 rings (SSSR count). The minimum atomic E-state index is -0.556. The van der Waals surface area contributed by atoms with Gasteiger partial charge in [0.25, 0.3) is 0 Å². The Morgan fingerprint density at radius 2 is 2.07 bits per heavy atom. The Labute approximate surface area is 157 Å². The molecule has 1 aromatic carbocycles. The lowest BCUT2D eigenvalue weighted by atomic mass is 10.0. The molecule has 0 spiro atoms. The van der Waals surface area contributed by atoms with Crippen molar-refractivity contribution in [3.05, 3.63) is 47.8 Å². The molecule has 1 aliphatic rings. The van der Waals surface area contributed by atoms with Gasteiger partial charge < -0.3 is 20.1 Å². The molecule has 1 fully saturated rings. The summed E-state index contributed by atoms with van der Waals surface area (Å²) < 4.78 is 16.1. The number of halogens is 1. The third-order valence-corrected chi connectivity index (χ3v) is 5.10. The lowest BCUT2D eigenvalue weighted by Crippen LogP contribution is -2.65. The summed E-state index contributed by atoms with van der Waals surface area (Å²) in [5.74, 6) is 0.118. The maximum absolute atomic E-state index is 14.5. The third kappa shape index (κ3) is 3.65. The van der Waals surface area contributed by atoms with Crippen molar-refractivity contribution in [2.75, 3.05) is 0 Å². The van der Waals surface area contributed by atoms with Crippen LogP contribution in [0.15, 0.2) is 30.6 Å². The first-order valence-electron chi connectivity index (χ1n) is 8.95. The number of aryl methyl sites for hydroxylation is 1. The summed E-state index contributed by atoms with van der Waals surface area (Å²) in [7, 11) is 0. The van der Waals surface area contributed by atoms with E-state index in [-0.39, 0.29) is 30.6 Å². The first-order chi connectivity index (χ1) is 12.8. The molecule has 3 amide bonds. The van der Waals surface area contributed by atoms with Gasteiger partial charge in [-0.15, -0.1) is 0 Å². The molecule has 7 nitrogen and oxygen atoms in total. The first-order valence-corrected chi connectivity index (χ1v) is 8.95. The van der Waals surface area contributed by atoms with Gasteiger partial charge in [-0.05, 0) is 45.4 Å². The highest BCUT2D eigenvalue weighted by Crippen LogP contribution is 2.18. The highest BCUT2D eigenvalue weighted by Gasteiger charge is 2.38. The number of benzene rings is 1. The molecule has 0 saturated carbocycles. The highest BCUT2D eigenvalue weighted by molar-refractivity contribution is 5.88. The Balaban J connectivity index is 1.69. The largest absolute Gasteiger partial charge is 0.350 e. The lowest BCUT2D eigenvalue weighted by Gasteiger charge is -2.42. The van der Waals surface area contributed by atoms with Gasteiger partial charge in [0.15, 0.2) is 0 Å². The van der Waals surface area contributed by atoms with Crippen LogP contribution in [0.2, 0.25) is 0 Å². The molecule has 2 N–H and O–H groups in total. The number of rotatable bonds is 3. The number of hydrogen-bond donors (Lipinski definition) is 2. The number of hydrogen-bond acceptors (Lipinski definition) is 3. The second-order valence-corrected chi connectivity index (χ2v) is 6.91. The summed E-state index contributed by atoms with van der Waals surface area (Å²) in [5.41, 5.74) is 1.04. The van der Waals surface area contributed by atoms with Crippen LogP contribution in [0.1, 0.15) is 32.2 Å². The van der Waals surface area contributed by atoms with E-state index < -0.39 is 11.9 Å². The number of carbonyl (C=O) groups is 2. The molecule has 1 aromatic heterocycles. The van der Waals surface area contributed by atoms with Crippen molar-refractivity contribution in [2.24, 2.45) is 0 Å². The summed E-state index contributed by atoms with van der Waals surface area (Å²) in [6.07, 6.45) is 3.31. The number of nitrogens with one attached hydrogen (secondary N) is 2. The number of imidazole rings is 1. The van der Waals surface area contributed by atoms with Crippen LogP contribution < -0.4 is 10.6 Å². The number of urea groups is 1. The lowest BCUT2D eigenvalue weighted by molar-refractivity contribution is -0.129. The molecule has 144 valence electrons.